The van der Waals surface area contributed by atoms with Crippen molar-refractivity contribution in [3.63, 3.8) is 0 Å². The number of benzene rings is 2. The standard InChI is InChI=1S/C20H25FN2O3/c1-23(12-13-6-8-15(25-2)9-7-13)19-17(22)11-18(20(19)24)26-16-5-3-4-14(21)10-16/h3-10,17-20,24H,11-12,22H2,1-2H3/t17-,18-,19+,20+/m1/s1. The maximum absolute atomic E-state index is 13.3. The molecule has 0 bridgehead atoms. The molecule has 3 rings (SSSR count). The molecule has 0 saturated heterocycles. The predicted octanol–water partition coefficient (Wildman–Crippen LogP) is 2.17. The van der Waals surface area contributed by atoms with Crippen LogP contribution in [-0.2, 0) is 6.54 Å². The van der Waals surface area contributed by atoms with Crippen LogP contribution in [0.3, 0.4) is 0 Å². The third kappa shape index (κ3) is 4.15. The minimum absolute atomic E-state index is 0.230. The second-order valence-electron chi connectivity index (χ2n) is 6.76. The van der Waals surface area contributed by atoms with E-state index in [1.807, 2.05) is 36.2 Å². The van der Waals surface area contributed by atoms with Crippen molar-refractivity contribution in [2.24, 2.45) is 5.73 Å². The number of hydrogen-bond acceptors (Lipinski definition) is 5. The smallest absolute Gasteiger partial charge is 0.128 e. The molecule has 2 aromatic rings. The van der Waals surface area contributed by atoms with Crippen LogP contribution in [0.1, 0.15) is 12.0 Å². The summed E-state index contributed by atoms with van der Waals surface area (Å²) in [6, 6.07) is 13.2. The van der Waals surface area contributed by atoms with Crippen molar-refractivity contribution in [3.8, 4) is 11.5 Å². The number of methoxy groups -OCH3 is 1. The van der Waals surface area contributed by atoms with Crippen molar-refractivity contribution in [2.45, 2.75) is 37.3 Å². The van der Waals surface area contributed by atoms with Gasteiger partial charge in [0.25, 0.3) is 0 Å². The summed E-state index contributed by atoms with van der Waals surface area (Å²) >= 11 is 0. The van der Waals surface area contributed by atoms with Crippen molar-refractivity contribution >= 4 is 0 Å². The number of nitrogens with zero attached hydrogens (tertiary/aromatic N) is 1. The molecule has 1 saturated carbocycles. The van der Waals surface area contributed by atoms with E-state index in [-0.39, 0.29) is 17.9 Å². The lowest BCUT2D eigenvalue weighted by atomic mass is 10.1. The molecule has 0 aromatic heterocycles. The van der Waals surface area contributed by atoms with Gasteiger partial charge in [0.1, 0.15) is 29.5 Å². The number of rotatable bonds is 6. The SMILES string of the molecule is COc1ccc(CN(C)[C@@H]2[C@@H](O)[C@H](Oc3cccc(F)c3)C[C@H]2N)cc1. The Balaban J connectivity index is 1.65. The minimum Gasteiger partial charge on any atom is -0.497 e. The summed E-state index contributed by atoms with van der Waals surface area (Å²) in [5.41, 5.74) is 7.37. The van der Waals surface area contributed by atoms with Gasteiger partial charge < -0.3 is 20.3 Å². The lowest BCUT2D eigenvalue weighted by Gasteiger charge is -2.30. The van der Waals surface area contributed by atoms with Crippen molar-refractivity contribution in [1.29, 1.82) is 0 Å². The van der Waals surface area contributed by atoms with Crippen LogP contribution in [0.4, 0.5) is 4.39 Å². The van der Waals surface area contributed by atoms with Crippen LogP contribution in [0, 0.1) is 5.82 Å². The van der Waals surface area contributed by atoms with Gasteiger partial charge in [-0.25, -0.2) is 4.39 Å². The molecule has 1 aliphatic rings. The van der Waals surface area contributed by atoms with Gasteiger partial charge in [-0.2, -0.15) is 0 Å². The summed E-state index contributed by atoms with van der Waals surface area (Å²) in [7, 11) is 3.57. The molecule has 5 nitrogen and oxygen atoms in total. The Kier molecular flexibility index (Phi) is 5.76. The Labute approximate surface area is 153 Å². The Bertz CT molecular complexity index is 725. The fourth-order valence-electron chi connectivity index (χ4n) is 3.57. The molecule has 0 aliphatic heterocycles. The second kappa shape index (κ2) is 8.03. The third-order valence-corrected chi connectivity index (χ3v) is 4.86. The van der Waals surface area contributed by atoms with Gasteiger partial charge in [-0.15, -0.1) is 0 Å². The number of likely N-dealkylation sites (N-methyl/N-ethyl adjacent to an activating group) is 1. The number of nitrogens with two attached hydrogens (primary N) is 1. The molecule has 0 heterocycles. The van der Waals surface area contributed by atoms with E-state index in [0.29, 0.717) is 18.7 Å². The van der Waals surface area contributed by atoms with Crippen molar-refractivity contribution in [2.75, 3.05) is 14.2 Å². The number of aliphatic hydroxyl groups excluding tert-OH is 1. The van der Waals surface area contributed by atoms with E-state index in [1.165, 1.54) is 12.1 Å². The Morgan fingerprint density at radius 3 is 2.58 bits per heavy atom. The normalized spacial score (nSPS) is 25.5. The first kappa shape index (κ1) is 18.6. The summed E-state index contributed by atoms with van der Waals surface area (Å²) in [4.78, 5) is 2.03. The molecule has 6 heteroatoms. The Morgan fingerprint density at radius 1 is 1.19 bits per heavy atom. The maximum atomic E-state index is 13.3. The van der Waals surface area contributed by atoms with Crippen molar-refractivity contribution in [1.82, 2.24) is 4.90 Å². The molecule has 26 heavy (non-hydrogen) atoms. The van der Waals surface area contributed by atoms with E-state index in [9.17, 15) is 9.50 Å². The van der Waals surface area contributed by atoms with Gasteiger partial charge in [-0.1, -0.05) is 18.2 Å². The van der Waals surface area contributed by atoms with Crippen LogP contribution in [0.15, 0.2) is 48.5 Å². The van der Waals surface area contributed by atoms with E-state index >= 15 is 0 Å². The lowest BCUT2D eigenvalue weighted by Crippen LogP contribution is -2.48. The van der Waals surface area contributed by atoms with Gasteiger partial charge in [-0.05, 0) is 36.9 Å². The first-order valence-corrected chi connectivity index (χ1v) is 8.67. The summed E-state index contributed by atoms with van der Waals surface area (Å²) in [5.74, 6) is 0.838. The molecule has 2 aromatic carbocycles. The van der Waals surface area contributed by atoms with Crippen LogP contribution >= 0.6 is 0 Å². The molecular weight excluding hydrogens is 335 g/mol. The summed E-state index contributed by atoms with van der Waals surface area (Å²) < 4.78 is 24.3. The van der Waals surface area contributed by atoms with Gasteiger partial charge in [0.2, 0.25) is 0 Å². The minimum atomic E-state index is -0.753. The first-order chi connectivity index (χ1) is 12.5. The van der Waals surface area contributed by atoms with Crippen molar-refractivity contribution in [3.05, 3.63) is 59.9 Å². The number of aliphatic hydroxyl groups is 1. The lowest BCUT2D eigenvalue weighted by molar-refractivity contribution is 0.0136. The topological polar surface area (TPSA) is 68.0 Å². The summed E-state index contributed by atoms with van der Waals surface area (Å²) in [6.07, 6.45) is -0.707. The van der Waals surface area contributed by atoms with Gasteiger partial charge in [0.15, 0.2) is 0 Å². The summed E-state index contributed by atoms with van der Waals surface area (Å²) in [5, 5.41) is 10.7. The molecule has 0 unspecified atom stereocenters. The quantitative estimate of drug-likeness (QED) is 0.826. The molecule has 1 aliphatic carbocycles. The van der Waals surface area contributed by atoms with Gasteiger partial charge in [0.05, 0.1) is 13.2 Å². The molecule has 1 fully saturated rings. The van der Waals surface area contributed by atoms with Crippen LogP contribution in [-0.4, -0.2) is 48.5 Å². The molecule has 140 valence electrons. The van der Waals surface area contributed by atoms with Gasteiger partial charge >= 0.3 is 0 Å². The molecule has 3 N–H and O–H groups in total. The molecule has 0 spiro atoms. The molecule has 0 amide bonds. The van der Waals surface area contributed by atoms with Gasteiger partial charge in [0, 0.05) is 25.1 Å². The fourth-order valence-corrected chi connectivity index (χ4v) is 3.57. The van der Waals surface area contributed by atoms with Crippen LogP contribution in [0.2, 0.25) is 0 Å². The van der Waals surface area contributed by atoms with Crippen LogP contribution in [0.5, 0.6) is 11.5 Å². The third-order valence-electron chi connectivity index (χ3n) is 4.86. The highest BCUT2D eigenvalue weighted by Gasteiger charge is 2.44. The maximum Gasteiger partial charge on any atom is 0.128 e. The predicted molar refractivity (Wildman–Crippen MR) is 97.7 cm³/mol. The zero-order valence-electron chi connectivity index (χ0n) is 15.0. The van der Waals surface area contributed by atoms with Crippen LogP contribution < -0.4 is 15.2 Å². The van der Waals surface area contributed by atoms with Crippen LogP contribution in [0.25, 0.3) is 0 Å². The van der Waals surface area contributed by atoms with E-state index in [0.717, 1.165) is 11.3 Å². The zero-order valence-corrected chi connectivity index (χ0v) is 15.0. The average molecular weight is 360 g/mol. The average Bonchev–Trinajstić information content (AvgIpc) is 2.89. The molecule has 0 radical (unpaired) electrons. The molecule has 4 atom stereocenters. The highest BCUT2D eigenvalue weighted by Crippen LogP contribution is 2.29. The zero-order chi connectivity index (χ0) is 18.7. The van der Waals surface area contributed by atoms with E-state index in [1.54, 1.807) is 19.2 Å². The van der Waals surface area contributed by atoms with E-state index in [4.69, 9.17) is 15.2 Å². The Hall–Kier alpha value is -2.15. The molecular formula is C20H25FN2O3. The van der Waals surface area contributed by atoms with E-state index < -0.39 is 12.2 Å². The largest absolute Gasteiger partial charge is 0.497 e. The fraction of sp³-hybridized carbons (Fsp3) is 0.400. The number of ether oxygens (including phenoxy) is 2. The van der Waals surface area contributed by atoms with E-state index in [2.05, 4.69) is 0 Å². The first-order valence-electron chi connectivity index (χ1n) is 8.67. The number of hydrogen-bond donors (Lipinski definition) is 2. The second-order valence-corrected chi connectivity index (χ2v) is 6.76. The summed E-state index contributed by atoms with van der Waals surface area (Å²) in [6.45, 7) is 0.645. The highest BCUT2D eigenvalue weighted by molar-refractivity contribution is 5.27. The van der Waals surface area contributed by atoms with Gasteiger partial charge in [-0.3, -0.25) is 4.90 Å². The monoisotopic (exact) mass is 360 g/mol. The number of halogens is 1. The Morgan fingerprint density at radius 2 is 1.92 bits per heavy atom. The highest BCUT2D eigenvalue weighted by atomic mass is 19.1. The van der Waals surface area contributed by atoms with Crippen molar-refractivity contribution < 1.29 is 19.0 Å².